The third-order valence-corrected chi connectivity index (χ3v) is 2.75. The Bertz CT molecular complexity index is 422. The van der Waals surface area contributed by atoms with Gasteiger partial charge >= 0.3 is 6.03 Å². The highest BCUT2D eigenvalue weighted by atomic mass is 35.5. The zero-order valence-corrected chi connectivity index (χ0v) is 8.86. The molecule has 2 rings (SSSR count). The van der Waals surface area contributed by atoms with Gasteiger partial charge in [-0.15, -0.1) is 0 Å². The fourth-order valence-corrected chi connectivity index (χ4v) is 1.92. The summed E-state index contributed by atoms with van der Waals surface area (Å²) in [5, 5.41) is 5.73. The predicted molar refractivity (Wildman–Crippen MR) is 55.4 cm³/mol. The Morgan fingerprint density at radius 3 is 2.87 bits per heavy atom. The molecule has 80 valence electrons. The maximum Gasteiger partial charge on any atom is 0.315 e. The van der Waals surface area contributed by atoms with E-state index >= 15 is 0 Å². The van der Waals surface area contributed by atoms with Gasteiger partial charge in [0.1, 0.15) is 5.82 Å². The largest absolute Gasteiger partial charge is 0.336 e. The lowest BCUT2D eigenvalue weighted by Crippen LogP contribution is -2.21. The lowest BCUT2D eigenvalue weighted by molar-refractivity contribution is 0.247. The molecule has 1 unspecified atom stereocenters. The van der Waals surface area contributed by atoms with Gasteiger partial charge in [0.15, 0.2) is 0 Å². The van der Waals surface area contributed by atoms with Crippen LogP contribution in [0.25, 0.3) is 0 Å². The molecule has 2 amide bonds. The molecular weight excluding hydrogens is 219 g/mol. The molecule has 0 aliphatic carbocycles. The summed E-state index contributed by atoms with van der Waals surface area (Å²) in [4.78, 5) is 10.9. The molecule has 0 saturated carbocycles. The molecule has 1 aliphatic heterocycles. The standard InChI is InChI=1S/C10H10ClFN2O/c1-5-2-7(11)6(3-8(5)12)9-4-13-10(15)14-9/h2-3,9H,4H2,1H3,(H2,13,14,15). The molecule has 1 aromatic rings. The molecule has 0 radical (unpaired) electrons. The van der Waals surface area contributed by atoms with E-state index in [9.17, 15) is 9.18 Å². The number of amides is 2. The van der Waals surface area contributed by atoms with E-state index in [-0.39, 0.29) is 17.9 Å². The van der Waals surface area contributed by atoms with Crippen LogP contribution in [0.5, 0.6) is 0 Å². The van der Waals surface area contributed by atoms with Crippen molar-refractivity contribution in [2.45, 2.75) is 13.0 Å². The van der Waals surface area contributed by atoms with Gasteiger partial charge in [0, 0.05) is 11.6 Å². The van der Waals surface area contributed by atoms with Crippen LogP contribution in [0.15, 0.2) is 12.1 Å². The summed E-state index contributed by atoms with van der Waals surface area (Å²) in [6.45, 7) is 2.08. The Labute approximate surface area is 91.6 Å². The number of carbonyl (C=O) groups is 1. The highest BCUT2D eigenvalue weighted by molar-refractivity contribution is 6.31. The number of halogens is 2. The summed E-state index contributed by atoms with van der Waals surface area (Å²) in [5.41, 5.74) is 1.11. The predicted octanol–water partition coefficient (Wildman–Crippen LogP) is 2.14. The summed E-state index contributed by atoms with van der Waals surface area (Å²) in [7, 11) is 0. The molecule has 5 heteroatoms. The van der Waals surface area contributed by atoms with Gasteiger partial charge in [0.2, 0.25) is 0 Å². The van der Waals surface area contributed by atoms with E-state index in [0.29, 0.717) is 22.7 Å². The van der Waals surface area contributed by atoms with Crippen LogP contribution in [0.3, 0.4) is 0 Å². The normalized spacial score (nSPS) is 19.9. The SMILES string of the molecule is Cc1cc(Cl)c(C2CNC(=O)N2)cc1F. The molecule has 0 spiro atoms. The Morgan fingerprint density at radius 2 is 2.27 bits per heavy atom. The fraction of sp³-hybridized carbons (Fsp3) is 0.300. The van der Waals surface area contributed by atoms with Crippen molar-refractivity contribution in [3.63, 3.8) is 0 Å². The Morgan fingerprint density at radius 1 is 1.53 bits per heavy atom. The molecular formula is C10H10ClFN2O. The van der Waals surface area contributed by atoms with Gasteiger partial charge in [0.05, 0.1) is 6.04 Å². The van der Waals surface area contributed by atoms with Crippen molar-refractivity contribution >= 4 is 17.6 Å². The first-order chi connectivity index (χ1) is 7.08. The van der Waals surface area contributed by atoms with Gasteiger partial charge in [-0.05, 0) is 30.2 Å². The second-order valence-electron chi connectivity index (χ2n) is 3.53. The van der Waals surface area contributed by atoms with Crippen molar-refractivity contribution in [1.29, 1.82) is 0 Å². The lowest BCUT2D eigenvalue weighted by Gasteiger charge is -2.12. The van der Waals surface area contributed by atoms with Gasteiger partial charge in [0.25, 0.3) is 0 Å². The minimum Gasteiger partial charge on any atom is -0.336 e. The second kappa shape index (κ2) is 3.70. The van der Waals surface area contributed by atoms with E-state index in [1.54, 1.807) is 13.0 Å². The number of urea groups is 1. The van der Waals surface area contributed by atoms with Crippen molar-refractivity contribution in [2.75, 3.05) is 6.54 Å². The van der Waals surface area contributed by atoms with E-state index in [2.05, 4.69) is 10.6 Å². The number of hydrogen-bond acceptors (Lipinski definition) is 1. The maximum atomic E-state index is 13.3. The summed E-state index contributed by atoms with van der Waals surface area (Å²) in [6.07, 6.45) is 0. The van der Waals surface area contributed by atoms with Crippen molar-refractivity contribution < 1.29 is 9.18 Å². The maximum absolute atomic E-state index is 13.3. The molecule has 3 nitrogen and oxygen atoms in total. The summed E-state index contributed by atoms with van der Waals surface area (Å²) >= 11 is 5.98. The first kappa shape index (κ1) is 10.2. The molecule has 1 aromatic carbocycles. The first-order valence-corrected chi connectivity index (χ1v) is 4.95. The highest BCUT2D eigenvalue weighted by Gasteiger charge is 2.24. The summed E-state index contributed by atoms with van der Waals surface area (Å²) in [5.74, 6) is -0.310. The molecule has 0 aromatic heterocycles. The second-order valence-corrected chi connectivity index (χ2v) is 3.94. The van der Waals surface area contributed by atoms with Crippen LogP contribution in [0, 0.1) is 12.7 Å². The van der Waals surface area contributed by atoms with Gasteiger partial charge in [-0.2, -0.15) is 0 Å². The quantitative estimate of drug-likeness (QED) is 0.760. The number of carbonyl (C=O) groups excluding carboxylic acids is 1. The van der Waals surface area contributed by atoms with Gasteiger partial charge in [-0.3, -0.25) is 0 Å². The fourth-order valence-electron chi connectivity index (χ4n) is 1.57. The van der Waals surface area contributed by atoms with E-state index in [1.165, 1.54) is 6.07 Å². The van der Waals surface area contributed by atoms with E-state index in [4.69, 9.17) is 11.6 Å². The average Bonchev–Trinajstić information content (AvgIpc) is 2.58. The molecule has 1 fully saturated rings. The smallest absolute Gasteiger partial charge is 0.315 e. The average molecular weight is 229 g/mol. The number of hydrogen-bond donors (Lipinski definition) is 2. The minimum absolute atomic E-state index is 0.250. The van der Waals surface area contributed by atoms with Gasteiger partial charge < -0.3 is 10.6 Å². The molecule has 0 bridgehead atoms. The minimum atomic E-state index is -0.310. The van der Waals surface area contributed by atoms with Crippen LogP contribution < -0.4 is 10.6 Å². The van der Waals surface area contributed by atoms with Crippen LogP contribution in [-0.4, -0.2) is 12.6 Å². The van der Waals surface area contributed by atoms with Crippen LogP contribution in [-0.2, 0) is 0 Å². The van der Waals surface area contributed by atoms with Crippen molar-refractivity contribution in [3.05, 3.63) is 34.1 Å². The number of nitrogens with one attached hydrogen (secondary N) is 2. The van der Waals surface area contributed by atoms with Gasteiger partial charge in [-0.1, -0.05) is 11.6 Å². The Balaban J connectivity index is 2.36. The van der Waals surface area contributed by atoms with E-state index in [0.717, 1.165) is 0 Å². The van der Waals surface area contributed by atoms with Crippen LogP contribution in [0.4, 0.5) is 9.18 Å². The zero-order chi connectivity index (χ0) is 11.0. The molecule has 1 atom stereocenters. The molecule has 15 heavy (non-hydrogen) atoms. The number of benzene rings is 1. The third-order valence-electron chi connectivity index (χ3n) is 2.43. The number of aryl methyl sites for hydroxylation is 1. The van der Waals surface area contributed by atoms with Crippen LogP contribution in [0.2, 0.25) is 5.02 Å². The van der Waals surface area contributed by atoms with Gasteiger partial charge in [-0.25, -0.2) is 9.18 Å². The Hall–Kier alpha value is -1.29. The summed E-state index contributed by atoms with van der Waals surface area (Å²) < 4.78 is 13.3. The van der Waals surface area contributed by atoms with Crippen molar-refractivity contribution in [3.8, 4) is 0 Å². The highest BCUT2D eigenvalue weighted by Crippen LogP contribution is 2.27. The number of rotatable bonds is 1. The third kappa shape index (κ3) is 1.90. The Kier molecular flexibility index (Phi) is 2.52. The molecule has 1 aliphatic rings. The summed E-state index contributed by atoms with van der Waals surface area (Å²) in [6, 6.07) is 2.43. The topological polar surface area (TPSA) is 41.1 Å². The lowest BCUT2D eigenvalue weighted by atomic mass is 10.1. The van der Waals surface area contributed by atoms with E-state index in [1.807, 2.05) is 0 Å². The zero-order valence-electron chi connectivity index (χ0n) is 8.10. The van der Waals surface area contributed by atoms with E-state index < -0.39 is 0 Å². The van der Waals surface area contributed by atoms with Crippen molar-refractivity contribution in [2.24, 2.45) is 0 Å². The monoisotopic (exact) mass is 228 g/mol. The van der Waals surface area contributed by atoms with Crippen LogP contribution >= 0.6 is 11.6 Å². The van der Waals surface area contributed by atoms with Crippen LogP contribution in [0.1, 0.15) is 17.2 Å². The molecule has 1 saturated heterocycles. The van der Waals surface area contributed by atoms with Crippen molar-refractivity contribution in [1.82, 2.24) is 10.6 Å². The first-order valence-electron chi connectivity index (χ1n) is 4.58. The molecule has 2 N–H and O–H groups in total. The molecule has 1 heterocycles.